The molecule has 1 aromatic heterocycles. The van der Waals surface area contributed by atoms with E-state index < -0.39 is 17.3 Å². The van der Waals surface area contributed by atoms with Gasteiger partial charge in [0, 0.05) is 11.8 Å². The van der Waals surface area contributed by atoms with Crippen molar-refractivity contribution in [2.45, 2.75) is 0 Å². The lowest BCUT2D eigenvalue weighted by Crippen LogP contribution is -2.00. The molecule has 0 aliphatic rings. The van der Waals surface area contributed by atoms with Crippen LogP contribution in [0.4, 0.5) is 8.78 Å². The fourth-order valence-electron chi connectivity index (χ4n) is 1.18. The Bertz CT molecular complexity index is 516. The first-order valence-electron chi connectivity index (χ1n) is 3.90. The fraction of sp³-hybridized carbons (Fsp3) is 0. The minimum absolute atomic E-state index is 0.0309. The number of rotatable bonds is 1. The lowest BCUT2D eigenvalue weighted by Gasteiger charge is -1.98. The van der Waals surface area contributed by atoms with Crippen molar-refractivity contribution >= 4 is 0 Å². The maximum absolute atomic E-state index is 13.2. The minimum Gasteiger partial charge on any atom is -0.312 e. The Morgan fingerprint density at radius 2 is 2.00 bits per heavy atom. The van der Waals surface area contributed by atoms with Gasteiger partial charge in [-0.3, -0.25) is 0 Å². The van der Waals surface area contributed by atoms with E-state index in [4.69, 9.17) is 0 Å². The first-order chi connectivity index (χ1) is 6.66. The lowest BCUT2D eigenvalue weighted by molar-refractivity contribution is 0.602. The molecule has 0 radical (unpaired) electrons. The number of hydrogen-bond donors (Lipinski definition) is 2. The molecule has 14 heavy (non-hydrogen) atoms. The van der Waals surface area contributed by atoms with Gasteiger partial charge in [-0.25, -0.2) is 13.6 Å². The molecule has 0 aliphatic heterocycles. The highest BCUT2D eigenvalue weighted by molar-refractivity contribution is 5.58. The topological polar surface area (TPSA) is 48.6 Å². The summed E-state index contributed by atoms with van der Waals surface area (Å²) in [5.41, 5.74) is -0.195. The van der Waals surface area contributed by atoms with Gasteiger partial charge in [0.05, 0.1) is 5.69 Å². The van der Waals surface area contributed by atoms with Crippen LogP contribution in [0.2, 0.25) is 0 Å². The Morgan fingerprint density at radius 3 is 2.64 bits per heavy atom. The number of halogens is 2. The highest BCUT2D eigenvalue weighted by atomic mass is 19.1. The van der Waals surface area contributed by atoms with Gasteiger partial charge in [0.25, 0.3) is 0 Å². The molecule has 0 atom stereocenters. The Hall–Kier alpha value is -1.91. The van der Waals surface area contributed by atoms with Crippen LogP contribution in [-0.2, 0) is 0 Å². The molecule has 2 N–H and O–H groups in total. The number of aromatic amines is 2. The third-order valence-corrected chi connectivity index (χ3v) is 1.81. The van der Waals surface area contributed by atoms with Crippen LogP contribution in [0.3, 0.4) is 0 Å². The highest BCUT2D eigenvalue weighted by Gasteiger charge is 2.07. The van der Waals surface area contributed by atoms with E-state index in [0.717, 1.165) is 18.2 Å². The van der Waals surface area contributed by atoms with Crippen LogP contribution in [0.25, 0.3) is 11.3 Å². The molecule has 1 aromatic carbocycles. The standard InChI is InChI=1S/C9H6F2N2O/c10-5-1-2-7(11)6(3-5)8-4-12-9(14)13-8/h1-4H,(H2,12,13,14). The second kappa shape index (κ2) is 3.10. The summed E-state index contributed by atoms with van der Waals surface area (Å²) in [7, 11) is 0. The summed E-state index contributed by atoms with van der Waals surface area (Å²) >= 11 is 0. The molecule has 0 unspecified atom stereocenters. The van der Waals surface area contributed by atoms with Crippen LogP contribution >= 0.6 is 0 Å². The van der Waals surface area contributed by atoms with Gasteiger partial charge in [0.2, 0.25) is 0 Å². The van der Waals surface area contributed by atoms with Gasteiger partial charge in [-0.05, 0) is 18.2 Å². The molecule has 0 saturated carbocycles. The van der Waals surface area contributed by atoms with E-state index in [2.05, 4.69) is 9.97 Å². The van der Waals surface area contributed by atoms with E-state index >= 15 is 0 Å². The molecule has 2 aromatic rings. The van der Waals surface area contributed by atoms with Crippen LogP contribution in [0, 0.1) is 11.6 Å². The van der Waals surface area contributed by atoms with Crippen LogP contribution in [-0.4, -0.2) is 9.97 Å². The van der Waals surface area contributed by atoms with Crippen molar-refractivity contribution in [1.82, 2.24) is 9.97 Å². The van der Waals surface area contributed by atoms with E-state index in [1.54, 1.807) is 0 Å². The Kier molecular flexibility index (Phi) is 1.92. The Balaban J connectivity index is 2.61. The predicted octanol–water partition coefficient (Wildman–Crippen LogP) is 1.65. The molecule has 0 fully saturated rings. The number of nitrogens with one attached hydrogen (secondary N) is 2. The van der Waals surface area contributed by atoms with E-state index in [0.29, 0.717) is 0 Å². The SMILES string of the molecule is O=c1[nH]cc(-c2cc(F)ccc2F)[nH]1. The maximum Gasteiger partial charge on any atom is 0.323 e. The molecular formula is C9H6F2N2O. The molecule has 0 spiro atoms. The molecule has 72 valence electrons. The van der Waals surface area contributed by atoms with Gasteiger partial charge in [-0.1, -0.05) is 0 Å². The van der Waals surface area contributed by atoms with Gasteiger partial charge in [-0.15, -0.1) is 0 Å². The van der Waals surface area contributed by atoms with Crippen molar-refractivity contribution in [3.05, 3.63) is 46.5 Å². The molecule has 2 rings (SSSR count). The average molecular weight is 196 g/mol. The maximum atomic E-state index is 13.2. The Labute approximate surface area is 77.4 Å². The summed E-state index contributed by atoms with van der Waals surface area (Å²) in [6.07, 6.45) is 1.29. The second-order valence-electron chi connectivity index (χ2n) is 2.78. The second-order valence-corrected chi connectivity index (χ2v) is 2.78. The third kappa shape index (κ3) is 1.44. The zero-order valence-electron chi connectivity index (χ0n) is 6.97. The van der Waals surface area contributed by atoms with Crippen molar-refractivity contribution in [2.24, 2.45) is 0 Å². The van der Waals surface area contributed by atoms with Gasteiger partial charge in [0.15, 0.2) is 0 Å². The minimum atomic E-state index is -0.582. The van der Waals surface area contributed by atoms with Gasteiger partial charge in [0.1, 0.15) is 11.6 Å². The summed E-state index contributed by atoms with van der Waals surface area (Å²) in [4.78, 5) is 15.4. The number of H-pyrrole nitrogens is 2. The number of aromatic nitrogens is 2. The Morgan fingerprint density at radius 1 is 1.21 bits per heavy atom. The normalized spacial score (nSPS) is 10.4. The molecule has 0 aliphatic carbocycles. The fourth-order valence-corrected chi connectivity index (χ4v) is 1.18. The monoisotopic (exact) mass is 196 g/mol. The summed E-state index contributed by atoms with van der Waals surface area (Å²) in [6, 6.07) is 3.05. The molecule has 0 saturated heterocycles. The van der Waals surface area contributed by atoms with Crippen molar-refractivity contribution < 1.29 is 8.78 Å². The number of imidazole rings is 1. The van der Waals surface area contributed by atoms with Gasteiger partial charge >= 0.3 is 5.69 Å². The van der Waals surface area contributed by atoms with E-state index in [1.165, 1.54) is 6.20 Å². The van der Waals surface area contributed by atoms with Crippen LogP contribution in [0.15, 0.2) is 29.2 Å². The molecule has 1 heterocycles. The molecule has 0 amide bonds. The van der Waals surface area contributed by atoms with Crippen molar-refractivity contribution in [2.75, 3.05) is 0 Å². The molecule has 0 bridgehead atoms. The first kappa shape index (κ1) is 8.68. The largest absolute Gasteiger partial charge is 0.323 e. The predicted molar refractivity (Wildman–Crippen MR) is 46.8 cm³/mol. The van der Waals surface area contributed by atoms with Crippen molar-refractivity contribution in [1.29, 1.82) is 0 Å². The van der Waals surface area contributed by atoms with Crippen molar-refractivity contribution in [3.8, 4) is 11.3 Å². The smallest absolute Gasteiger partial charge is 0.312 e. The molecule has 5 heteroatoms. The van der Waals surface area contributed by atoms with E-state index in [1.807, 2.05) is 0 Å². The zero-order chi connectivity index (χ0) is 10.1. The summed E-state index contributed by atoms with van der Waals surface area (Å²) < 4.78 is 25.9. The summed E-state index contributed by atoms with van der Waals surface area (Å²) in [6.45, 7) is 0. The third-order valence-electron chi connectivity index (χ3n) is 1.81. The number of benzene rings is 1. The van der Waals surface area contributed by atoms with Crippen LogP contribution < -0.4 is 5.69 Å². The van der Waals surface area contributed by atoms with Gasteiger partial charge < -0.3 is 9.97 Å². The quantitative estimate of drug-likeness (QED) is 0.715. The lowest BCUT2D eigenvalue weighted by atomic mass is 10.1. The van der Waals surface area contributed by atoms with Gasteiger partial charge in [-0.2, -0.15) is 0 Å². The van der Waals surface area contributed by atoms with Crippen LogP contribution in [0.1, 0.15) is 0 Å². The zero-order valence-corrected chi connectivity index (χ0v) is 6.97. The van der Waals surface area contributed by atoms with Crippen LogP contribution in [0.5, 0.6) is 0 Å². The van der Waals surface area contributed by atoms with E-state index in [9.17, 15) is 13.6 Å². The van der Waals surface area contributed by atoms with Crippen molar-refractivity contribution in [3.63, 3.8) is 0 Å². The summed E-state index contributed by atoms with van der Waals surface area (Å²) in [5, 5.41) is 0. The van der Waals surface area contributed by atoms with E-state index in [-0.39, 0.29) is 11.3 Å². The molecule has 3 nitrogen and oxygen atoms in total. The first-order valence-corrected chi connectivity index (χ1v) is 3.90. The molecular weight excluding hydrogens is 190 g/mol. The summed E-state index contributed by atoms with van der Waals surface area (Å²) in [5.74, 6) is -1.13. The highest BCUT2D eigenvalue weighted by Crippen LogP contribution is 2.19. The number of hydrogen-bond acceptors (Lipinski definition) is 1. The average Bonchev–Trinajstić information content (AvgIpc) is 2.56.